The zero-order valence-electron chi connectivity index (χ0n) is 16.8. The summed E-state index contributed by atoms with van der Waals surface area (Å²) in [5, 5.41) is 1.47. The molecule has 7 nitrogen and oxygen atoms in total. The zero-order valence-corrected chi connectivity index (χ0v) is 17.6. The number of alkyl halides is 5. The maximum Gasteiger partial charge on any atom is 0.405 e. The molecule has 2 aromatic heterocycles. The van der Waals surface area contributed by atoms with E-state index in [2.05, 4.69) is 9.97 Å². The Bertz CT molecular complexity index is 1060. The quantitative estimate of drug-likeness (QED) is 0.457. The Morgan fingerprint density at radius 2 is 1.82 bits per heavy atom. The van der Waals surface area contributed by atoms with Crippen molar-refractivity contribution in [2.24, 2.45) is 0 Å². The van der Waals surface area contributed by atoms with Crippen molar-refractivity contribution in [2.45, 2.75) is 50.4 Å². The van der Waals surface area contributed by atoms with Crippen molar-refractivity contribution in [2.75, 3.05) is 11.9 Å². The third-order valence-corrected chi connectivity index (χ3v) is 6.77. The molecule has 2 bridgehead atoms. The number of hydrogen-bond donors (Lipinski definition) is 2. The number of pyridine rings is 1. The van der Waals surface area contributed by atoms with Crippen LogP contribution in [-0.4, -0.2) is 51.5 Å². The number of halogens is 6. The molecule has 33 heavy (non-hydrogen) atoms. The van der Waals surface area contributed by atoms with Gasteiger partial charge in [0.25, 0.3) is 12.3 Å². The molecule has 2 aromatic rings. The van der Waals surface area contributed by atoms with E-state index in [-0.39, 0.29) is 28.2 Å². The number of carbonyl (C=O) groups is 2. The third-order valence-electron chi connectivity index (χ3n) is 5.68. The predicted octanol–water partition coefficient (Wildman–Crippen LogP) is 4.50. The fraction of sp³-hybridized carbons (Fsp3) is 0.474. The van der Waals surface area contributed by atoms with Gasteiger partial charge >= 0.3 is 12.1 Å². The SMILES string of the molecule is O=C(NF)c1nc(C(=O)N2C3CCC2CC3)c(-c2cnc(NCC(F)(F)F)cc2C(F)F)s1. The molecule has 0 unspecified atom stereocenters. The average Bonchev–Trinajstić information content (AvgIpc) is 3.50. The fourth-order valence-corrected chi connectivity index (χ4v) is 5.25. The molecular weight excluding hydrogens is 476 g/mol. The normalized spacial score (nSPS) is 19.9. The number of hydrogen-bond acceptors (Lipinski definition) is 6. The lowest BCUT2D eigenvalue weighted by Crippen LogP contribution is -2.35. The molecule has 0 spiro atoms. The Kier molecular flexibility index (Phi) is 6.20. The summed E-state index contributed by atoms with van der Waals surface area (Å²) >= 11 is 0.526. The summed E-state index contributed by atoms with van der Waals surface area (Å²) in [4.78, 5) is 34.3. The Labute approximate surface area is 187 Å². The molecule has 0 aromatic carbocycles. The molecule has 2 aliphatic rings. The molecular formula is C19H17F6N5O2S. The second kappa shape index (κ2) is 8.80. The van der Waals surface area contributed by atoms with E-state index < -0.39 is 47.3 Å². The van der Waals surface area contributed by atoms with Gasteiger partial charge in [-0.15, -0.1) is 11.3 Å². The highest BCUT2D eigenvalue weighted by Gasteiger charge is 2.44. The molecule has 2 amide bonds. The monoisotopic (exact) mass is 493 g/mol. The lowest BCUT2D eigenvalue weighted by Gasteiger charge is -2.21. The summed E-state index contributed by atoms with van der Waals surface area (Å²) in [5.41, 5.74) is -0.377. The molecule has 178 valence electrons. The lowest BCUT2D eigenvalue weighted by atomic mass is 10.0. The Morgan fingerprint density at radius 1 is 1.18 bits per heavy atom. The van der Waals surface area contributed by atoms with E-state index in [1.54, 1.807) is 4.90 Å². The first-order valence-corrected chi connectivity index (χ1v) is 10.7. The molecule has 4 rings (SSSR count). The Balaban J connectivity index is 1.76. The van der Waals surface area contributed by atoms with Crippen molar-refractivity contribution >= 4 is 29.0 Å². The van der Waals surface area contributed by atoms with Crippen LogP contribution < -0.4 is 10.9 Å². The highest BCUT2D eigenvalue weighted by Crippen LogP contribution is 2.42. The van der Waals surface area contributed by atoms with Crippen molar-refractivity contribution < 1.29 is 36.0 Å². The number of aromatic nitrogens is 2. The van der Waals surface area contributed by atoms with Crippen LogP contribution in [0.5, 0.6) is 0 Å². The van der Waals surface area contributed by atoms with Crippen molar-refractivity contribution in [3.63, 3.8) is 0 Å². The van der Waals surface area contributed by atoms with Crippen LogP contribution in [0.3, 0.4) is 0 Å². The van der Waals surface area contributed by atoms with E-state index in [0.29, 0.717) is 11.3 Å². The minimum Gasteiger partial charge on any atom is -0.361 e. The van der Waals surface area contributed by atoms with E-state index in [4.69, 9.17) is 0 Å². The summed E-state index contributed by atoms with van der Waals surface area (Å²) < 4.78 is 77.8. The van der Waals surface area contributed by atoms with Gasteiger partial charge < -0.3 is 10.2 Å². The van der Waals surface area contributed by atoms with Gasteiger partial charge in [-0.25, -0.2) is 18.7 Å². The molecule has 2 aliphatic heterocycles. The summed E-state index contributed by atoms with van der Waals surface area (Å²) in [5.74, 6) is -2.26. The van der Waals surface area contributed by atoms with Gasteiger partial charge in [-0.05, 0) is 31.7 Å². The van der Waals surface area contributed by atoms with Gasteiger partial charge in [0.15, 0.2) is 5.01 Å². The summed E-state index contributed by atoms with van der Waals surface area (Å²) in [6, 6.07) is 0.683. The average molecular weight is 493 g/mol. The Hall–Kier alpha value is -2.90. The van der Waals surface area contributed by atoms with Crippen molar-refractivity contribution in [1.29, 1.82) is 0 Å². The van der Waals surface area contributed by atoms with Gasteiger partial charge in [-0.2, -0.15) is 18.7 Å². The summed E-state index contributed by atoms with van der Waals surface area (Å²) in [7, 11) is 0. The van der Waals surface area contributed by atoms with Gasteiger partial charge in [0.05, 0.1) is 4.88 Å². The van der Waals surface area contributed by atoms with E-state index in [1.807, 2.05) is 5.32 Å². The number of nitrogens with one attached hydrogen (secondary N) is 2. The number of amides is 2. The molecule has 2 saturated heterocycles. The number of thiazole rings is 1. The molecule has 0 saturated carbocycles. The minimum absolute atomic E-state index is 0.0304. The molecule has 0 radical (unpaired) electrons. The van der Waals surface area contributed by atoms with Crippen molar-refractivity contribution in [1.82, 2.24) is 20.4 Å². The van der Waals surface area contributed by atoms with Crippen molar-refractivity contribution in [3.8, 4) is 10.4 Å². The van der Waals surface area contributed by atoms with Crippen LogP contribution >= 0.6 is 11.3 Å². The van der Waals surface area contributed by atoms with Gasteiger partial charge in [-0.3, -0.25) is 9.59 Å². The van der Waals surface area contributed by atoms with Crippen molar-refractivity contribution in [3.05, 3.63) is 28.5 Å². The van der Waals surface area contributed by atoms with Crippen LogP contribution in [0.4, 0.5) is 32.3 Å². The van der Waals surface area contributed by atoms with E-state index >= 15 is 0 Å². The Morgan fingerprint density at radius 3 is 2.36 bits per heavy atom. The summed E-state index contributed by atoms with van der Waals surface area (Å²) in [6.45, 7) is -1.48. The van der Waals surface area contributed by atoms with E-state index in [0.717, 1.165) is 43.5 Å². The number of nitrogens with zero attached hydrogens (tertiary/aromatic N) is 3. The number of fused-ring (bicyclic) bond motifs is 2. The second-order valence-electron chi connectivity index (χ2n) is 7.72. The molecule has 14 heteroatoms. The second-order valence-corrected chi connectivity index (χ2v) is 8.72. The summed E-state index contributed by atoms with van der Waals surface area (Å²) in [6.07, 6.45) is -3.68. The van der Waals surface area contributed by atoms with E-state index in [1.165, 1.54) is 0 Å². The molecule has 2 N–H and O–H groups in total. The molecule has 0 aliphatic carbocycles. The fourth-order valence-electron chi connectivity index (χ4n) is 4.28. The van der Waals surface area contributed by atoms with Crippen LogP contribution in [0.2, 0.25) is 0 Å². The predicted molar refractivity (Wildman–Crippen MR) is 106 cm³/mol. The maximum absolute atomic E-state index is 13.8. The van der Waals surface area contributed by atoms with Crippen LogP contribution in [0.15, 0.2) is 12.3 Å². The molecule has 4 heterocycles. The number of carbonyl (C=O) groups excluding carboxylic acids is 2. The number of anilines is 1. The van der Waals surface area contributed by atoms with Gasteiger partial charge in [0.2, 0.25) is 0 Å². The lowest BCUT2D eigenvalue weighted by molar-refractivity contribution is -0.115. The number of rotatable bonds is 6. The smallest absolute Gasteiger partial charge is 0.361 e. The minimum atomic E-state index is -4.59. The van der Waals surface area contributed by atoms with Crippen LogP contribution in [0.25, 0.3) is 10.4 Å². The first kappa shape index (κ1) is 23.3. The largest absolute Gasteiger partial charge is 0.405 e. The topological polar surface area (TPSA) is 87.2 Å². The zero-order chi connectivity index (χ0) is 23.9. The van der Waals surface area contributed by atoms with Crippen LogP contribution in [0.1, 0.15) is 58.0 Å². The first-order valence-electron chi connectivity index (χ1n) is 9.92. The standard InChI is InChI=1S/C19H17F6N5O2S/c20-15(21)10-5-12(27-7-19(22,23)24)26-6-11(10)14-13(28-17(33-14)16(31)29-25)18(32)30-8-1-2-9(30)4-3-8/h5-6,8-9,15H,1-4,7H2,(H,26,27)(H,29,31). The maximum atomic E-state index is 13.8. The van der Waals surface area contributed by atoms with Crippen LogP contribution in [0, 0.1) is 0 Å². The van der Waals surface area contributed by atoms with E-state index in [9.17, 15) is 36.0 Å². The molecule has 0 atom stereocenters. The third kappa shape index (κ3) is 4.61. The van der Waals surface area contributed by atoms with Gasteiger partial charge in [0, 0.05) is 29.4 Å². The van der Waals surface area contributed by atoms with Gasteiger partial charge in [-0.1, -0.05) is 4.48 Å². The first-order chi connectivity index (χ1) is 15.6. The highest BCUT2D eigenvalue weighted by molar-refractivity contribution is 7.17. The molecule has 2 fully saturated rings. The highest BCUT2D eigenvalue weighted by atomic mass is 32.1. The van der Waals surface area contributed by atoms with Crippen LogP contribution in [-0.2, 0) is 0 Å². The van der Waals surface area contributed by atoms with Gasteiger partial charge in [0.1, 0.15) is 18.1 Å².